The summed E-state index contributed by atoms with van der Waals surface area (Å²) in [7, 11) is 1.34. The molecule has 1 amide bonds. The van der Waals surface area contributed by atoms with Gasteiger partial charge in [-0.2, -0.15) is 0 Å². The van der Waals surface area contributed by atoms with Crippen LogP contribution in [0, 0.1) is 0 Å². The van der Waals surface area contributed by atoms with E-state index in [0.29, 0.717) is 25.7 Å². The molecule has 0 aliphatic heterocycles. The van der Waals surface area contributed by atoms with E-state index in [9.17, 15) is 14.4 Å². The van der Waals surface area contributed by atoms with E-state index in [1.807, 2.05) is 0 Å². The van der Waals surface area contributed by atoms with Gasteiger partial charge in [-0.3, -0.25) is 19.7 Å². The Labute approximate surface area is 138 Å². The van der Waals surface area contributed by atoms with Crippen molar-refractivity contribution in [1.29, 1.82) is 0 Å². The number of amides is 1. The molecule has 7 nitrogen and oxygen atoms in total. The number of methoxy groups -OCH3 is 1. The van der Waals surface area contributed by atoms with E-state index >= 15 is 0 Å². The Morgan fingerprint density at radius 1 is 1.04 bits per heavy atom. The van der Waals surface area contributed by atoms with Crippen molar-refractivity contribution in [3.63, 3.8) is 0 Å². The first-order chi connectivity index (χ1) is 10.5. The molecule has 2 N–H and O–H groups in total. The lowest BCUT2D eigenvalue weighted by atomic mass is 10.2. The first kappa shape index (κ1) is 21.4. The minimum Gasteiger partial charge on any atom is -0.469 e. The molecule has 0 aromatic rings. The fourth-order valence-electron chi connectivity index (χ4n) is 1.85. The first-order valence-corrected chi connectivity index (χ1v) is 7.90. The minimum atomic E-state index is -0.543. The summed E-state index contributed by atoms with van der Waals surface area (Å²) in [6.45, 7) is 8.85. The lowest BCUT2D eigenvalue weighted by molar-refractivity contribution is -0.157. The summed E-state index contributed by atoms with van der Waals surface area (Å²) in [5.74, 6) is -0.769. The number of hydrogen-bond donors (Lipinski definition) is 2. The van der Waals surface area contributed by atoms with Crippen LogP contribution in [0.5, 0.6) is 0 Å². The van der Waals surface area contributed by atoms with Gasteiger partial charge in [0.1, 0.15) is 11.6 Å². The van der Waals surface area contributed by atoms with E-state index in [1.54, 1.807) is 34.6 Å². The number of carbonyl (C=O) groups is 3. The van der Waals surface area contributed by atoms with Gasteiger partial charge < -0.3 is 14.8 Å². The molecule has 0 bridgehead atoms. The molecular weight excluding hydrogens is 300 g/mol. The first-order valence-electron chi connectivity index (χ1n) is 7.90. The van der Waals surface area contributed by atoms with Crippen molar-refractivity contribution in [2.45, 2.75) is 78.1 Å². The third-order valence-corrected chi connectivity index (χ3v) is 2.90. The van der Waals surface area contributed by atoms with Gasteiger partial charge in [0.05, 0.1) is 13.3 Å². The molecule has 23 heavy (non-hydrogen) atoms. The fraction of sp³-hybridized carbons (Fsp3) is 0.812. The molecular formula is C16H30N2O5. The maximum absolute atomic E-state index is 11.8. The summed E-state index contributed by atoms with van der Waals surface area (Å²) in [5, 5.41) is 5.73. The van der Waals surface area contributed by atoms with Gasteiger partial charge in [-0.05, 0) is 47.5 Å². The van der Waals surface area contributed by atoms with Crippen LogP contribution < -0.4 is 10.6 Å². The highest BCUT2D eigenvalue weighted by atomic mass is 16.6. The van der Waals surface area contributed by atoms with E-state index in [0.717, 1.165) is 0 Å². The Bertz CT molecular complexity index is 404. The highest BCUT2D eigenvalue weighted by Gasteiger charge is 2.23. The van der Waals surface area contributed by atoms with E-state index in [4.69, 9.17) is 4.74 Å². The number of nitrogens with one attached hydrogen (secondary N) is 2. The van der Waals surface area contributed by atoms with Crippen LogP contribution in [0.3, 0.4) is 0 Å². The third-order valence-electron chi connectivity index (χ3n) is 2.90. The van der Waals surface area contributed by atoms with Gasteiger partial charge in [0.15, 0.2) is 0 Å². The van der Waals surface area contributed by atoms with Crippen molar-refractivity contribution in [2.75, 3.05) is 7.11 Å². The SMILES string of the molecule is COC(=O)CCCCC(=O)N[C@@H](C)N[C@@H](C)C(=O)OC(C)(C)C. The highest BCUT2D eigenvalue weighted by molar-refractivity contribution is 5.77. The quantitative estimate of drug-likeness (QED) is 0.378. The Morgan fingerprint density at radius 2 is 1.61 bits per heavy atom. The van der Waals surface area contributed by atoms with Crippen molar-refractivity contribution in [3.05, 3.63) is 0 Å². The van der Waals surface area contributed by atoms with Crippen molar-refractivity contribution < 1.29 is 23.9 Å². The van der Waals surface area contributed by atoms with E-state index < -0.39 is 11.6 Å². The molecule has 0 radical (unpaired) electrons. The monoisotopic (exact) mass is 330 g/mol. The average Bonchev–Trinajstić information content (AvgIpc) is 2.41. The molecule has 0 heterocycles. The number of esters is 2. The lowest BCUT2D eigenvalue weighted by Gasteiger charge is -2.25. The molecule has 0 saturated carbocycles. The van der Waals surface area contributed by atoms with Crippen LogP contribution in [0.4, 0.5) is 0 Å². The molecule has 0 rings (SSSR count). The van der Waals surface area contributed by atoms with Crippen LogP contribution in [0.15, 0.2) is 0 Å². The Balaban J connectivity index is 3.99. The van der Waals surface area contributed by atoms with Crippen LogP contribution in [-0.4, -0.2) is 42.8 Å². The third kappa shape index (κ3) is 11.6. The van der Waals surface area contributed by atoms with Crippen molar-refractivity contribution in [2.24, 2.45) is 0 Å². The van der Waals surface area contributed by atoms with Gasteiger partial charge in [-0.15, -0.1) is 0 Å². The molecule has 0 aliphatic rings. The van der Waals surface area contributed by atoms with Gasteiger partial charge >= 0.3 is 11.9 Å². The van der Waals surface area contributed by atoms with Gasteiger partial charge in [0, 0.05) is 12.8 Å². The van der Waals surface area contributed by atoms with Crippen LogP contribution in [0.1, 0.15) is 60.3 Å². The fourth-order valence-corrected chi connectivity index (χ4v) is 1.85. The molecule has 0 aromatic carbocycles. The van der Waals surface area contributed by atoms with Gasteiger partial charge in [-0.25, -0.2) is 0 Å². The predicted octanol–water partition coefficient (Wildman–Crippen LogP) is 1.50. The lowest BCUT2D eigenvalue weighted by Crippen LogP contribution is -2.50. The summed E-state index contributed by atoms with van der Waals surface area (Å²) in [5.41, 5.74) is -0.543. The minimum absolute atomic E-state index is 0.133. The summed E-state index contributed by atoms with van der Waals surface area (Å²) in [6.07, 6.45) is 1.49. The van der Waals surface area contributed by atoms with Gasteiger partial charge in [0.25, 0.3) is 0 Å². The molecule has 0 spiro atoms. The summed E-state index contributed by atoms with van der Waals surface area (Å²) < 4.78 is 9.79. The molecule has 0 saturated heterocycles. The molecule has 134 valence electrons. The van der Waals surface area contributed by atoms with Crippen molar-refractivity contribution >= 4 is 17.8 Å². The van der Waals surface area contributed by atoms with Gasteiger partial charge in [0.2, 0.25) is 5.91 Å². The number of ether oxygens (including phenoxy) is 2. The zero-order valence-corrected chi connectivity index (χ0v) is 15.0. The Morgan fingerprint density at radius 3 is 2.13 bits per heavy atom. The summed E-state index contributed by atoms with van der Waals surface area (Å²) in [6, 6.07) is -0.524. The largest absolute Gasteiger partial charge is 0.469 e. The molecule has 0 aromatic heterocycles. The van der Waals surface area contributed by atoms with E-state index in [1.165, 1.54) is 7.11 Å². The van der Waals surface area contributed by atoms with Crippen molar-refractivity contribution in [1.82, 2.24) is 10.6 Å². The topological polar surface area (TPSA) is 93.7 Å². The molecule has 0 aliphatic carbocycles. The molecule has 0 fully saturated rings. The zero-order chi connectivity index (χ0) is 18.0. The molecule has 2 atom stereocenters. The smallest absolute Gasteiger partial charge is 0.323 e. The molecule has 0 unspecified atom stereocenters. The Kier molecular flexibility index (Phi) is 9.48. The number of rotatable bonds is 9. The number of hydrogen-bond acceptors (Lipinski definition) is 6. The number of carbonyl (C=O) groups excluding carboxylic acids is 3. The number of unbranched alkanes of at least 4 members (excludes halogenated alkanes) is 1. The van der Waals surface area contributed by atoms with Crippen LogP contribution in [-0.2, 0) is 23.9 Å². The normalized spacial score (nSPS) is 13.8. The second kappa shape index (κ2) is 10.2. The average molecular weight is 330 g/mol. The van der Waals surface area contributed by atoms with Gasteiger partial charge in [-0.1, -0.05) is 0 Å². The highest BCUT2D eigenvalue weighted by Crippen LogP contribution is 2.08. The van der Waals surface area contributed by atoms with Crippen LogP contribution in [0.2, 0.25) is 0 Å². The zero-order valence-electron chi connectivity index (χ0n) is 15.0. The van der Waals surface area contributed by atoms with Crippen LogP contribution in [0.25, 0.3) is 0 Å². The second-order valence-corrected chi connectivity index (χ2v) is 6.49. The molecule has 7 heteroatoms. The maximum atomic E-state index is 11.8. The summed E-state index contributed by atoms with van der Waals surface area (Å²) >= 11 is 0. The Hall–Kier alpha value is -1.63. The maximum Gasteiger partial charge on any atom is 0.323 e. The predicted molar refractivity (Wildman–Crippen MR) is 86.5 cm³/mol. The van der Waals surface area contributed by atoms with E-state index in [-0.39, 0.29) is 24.0 Å². The summed E-state index contributed by atoms with van der Waals surface area (Å²) in [4.78, 5) is 34.5. The second-order valence-electron chi connectivity index (χ2n) is 6.49. The van der Waals surface area contributed by atoms with E-state index in [2.05, 4.69) is 15.4 Å². The van der Waals surface area contributed by atoms with Crippen LogP contribution >= 0.6 is 0 Å². The standard InChI is InChI=1S/C16H30N2O5/c1-11(15(21)23-16(3,4)5)17-12(2)18-13(19)9-7-8-10-14(20)22-6/h11-12,17H,7-10H2,1-6H3,(H,18,19)/t11-,12-/m0/s1. The van der Waals surface area contributed by atoms with Crippen molar-refractivity contribution in [3.8, 4) is 0 Å².